The number of nitrogens with one attached hydrogen (secondary N) is 1. The highest BCUT2D eigenvalue weighted by Gasteiger charge is 2.34. The second-order valence-electron chi connectivity index (χ2n) is 13.1. The first-order chi connectivity index (χ1) is 24.5. The smallest absolute Gasteiger partial charge is 0.410 e. The van der Waals surface area contributed by atoms with Gasteiger partial charge in [0.25, 0.3) is 0 Å². The first kappa shape index (κ1) is 50.5. The molecule has 1 aromatic carbocycles. The minimum absolute atomic E-state index is 0.0738. The van der Waals surface area contributed by atoms with Gasteiger partial charge in [0.1, 0.15) is 22.9 Å². The van der Waals surface area contributed by atoms with E-state index in [0.29, 0.717) is 43.1 Å². The molecule has 1 unspecified atom stereocenters. The first-order valence-electron chi connectivity index (χ1n) is 18.0. The van der Waals surface area contributed by atoms with Crippen LogP contribution in [0.4, 0.5) is 4.79 Å². The molecule has 0 saturated carbocycles. The molecule has 0 spiro atoms. The molecule has 3 aromatic rings. The summed E-state index contributed by atoms with van der Waals surface area (Å²) in [4.78, 5) is 32.7. The largest absolute Gasteiger partial charge is 0.444 e. The molecule has 3 rings (SSSR count). The van der Waals surface area contributed by atoms with Gasteiger partial charge in [0.2, 0.25) is 6.41 Å². The Morgan fingerprint density at radius 2 is 1.50 bits per heavy atom. The molecule has 0 aliphatic heterocycles. The Morgan fingerprint density at radius 1 is 0.942 bits per heavy atom. The number of nitrogens with zero attached hydrogens (tertiary/aromatic N) is 4. The van der Waals surface area contributed by atoms with Gasteiger partial charge in [-0.3, -0.25) is 9.78 Å². The normalized spacial score (nSPS) is 11.4. The molecule has 0 radical (unpaired) electrons. The van der Waals surface area contributed by atoms with Gasteiger partial charge in [-0.15, -0.1) is 10.3 Å². The fraction of sp³-hybridized carbons (Fsp3) is 0.537. The van der Waals surface area contributed by atoms with E-state index in [4.69, 9.17) is 30.6 Å². The predicted molar refractivity (Wildman–Crippen MR) is 221 cm³/mol. The second-order valence-corrected chi connectivity index (χ2v) is 17.4. The number of benzene rings is 1. The van der Waals surface area contributed by atoms with Crippen molar-refractivity contribution in [2.45, 2.75) is 112 Å². The van der Waals surface area contributed by atoms with Crippen LogP contribution >= 0.6 is 21.9 Å². The van der Waals surface area contributed by atoms with E-state index in [-0.39, 0.29) is 10.8 Å². The van der Waals surface area contributed by atoms with Crippen molar-refractivity contribution in [3.63, 3.8) is 0 Å². The average molecular weight is 761 g/mol. The Kier molecular flexibility index (Phi) is 25.4. The number of rotatable bonds is 11. The summed E-state index contributed by atoms with van der Waals surface area (Å²) in [5.74, 6) is 0. The molecular formula is C41H66ClN5O4S. The minimum Gasteiger partial charge on any atom is -0.444 e. The third-order valence-corrected chi connectivity index (χ3v) is 11.0. The van der Waals surface area contributed by atoms with Crippen LogP contribution in [0.15, 0.2) is 61.1 Å². The highest BCUT2D eigenvalue weighted by molar-refractivity contribution is 8.29. The topological polar surface area (TPSA) is 117 Å². The van der Waals surface area contributed by atoms with Gasteiger partial charge in [-0.05, 0) is 74.9 Å². The number of amides is 2. The van der Waals surface area contributed by atoms with E-state index in [2.05, 4.69) is 78.9 Å². The highest BCUT2D eigenvalue weighted by atomic mass is 35.5. The predicted octanol–water partition coefficient (Wildman–Crippen LogP) is 10.3. The number of hydrogen-bond donors (Lipinski definition) is 1. The van der Waals surface area contributed by atoms with E-state index in [9.17, 15) is 4.79 Å². The summed E-state index contributed by atoms with van der Waals surface area (Å²) >= 11 is 6.09. The number of ether oxygens (including phenoxy) is 1. The fourth-order valence-electron chi connectivity index (χ4n) is 3.96. The Morgan fingerprint density at radius 3 is 1.96 bits per heavy atom. The molecule has 0 fully saturated rings. The van der Waals surface area contributed by atoms with Gasteiger partial charge >= 0.3 is 6.09 Å². The molecule has 52 heavy (non-hydrogen) atoms. The fourth-order valence-corrected chi connectivity index (χ4v) is 5.11. The van der Waals surface area contributed by atoms with E-state index >= 15 is 0 Å². The average Bonchev–Trinajstić information content (AvgIpc) is 3.12. The number of hydrogen-bond acceptors (Lipinski definition) is 7. The zero-order chi connectivity index (χ0) is 40.5. The van der Waals surface area contributed by atoms with Crippen molar-refractivity contribution in [1.29, 1.82) is 5.26 Å². The van der Waals surface area contributed by atoms with Crippen LogP contribution in [-0.4, -0.2) is 70.4 Å². The lowest BCUT2D eigenvalue weighted by molar-refractivity contribution is -0.109. The molecule has 0 bridgehead atoms. The van der Waals surface area contributed by atoms with Crippen molar-refractivity contribution < 1.29 is 18.5 Å². The number of carbonyl (C=O) groups excluding carboxylic acids is 2. The zero-order valence-electron chi connectivity index (χ0n) is 34.5. The molecule has 0 aliphatic carbocycles. The van der Waals surface area contributed by atoms with Crippen molar-refractivity contribution in [3.8, 4) is 6.07 Å². The maximum atomic E-state index is 13.5. The maximum absolute atomic E-state index is 13.5. The van der Waals surface area contributed by atoms with Crippen LogP contribution in [0.3, 0.4) is 0 Å². The van der Waals surface area contributed by atoms with E-state index in [0.717, 1.165) is 22.3 Å². The molecule has 2 aromatic heterocycles. The van der Waals surface area contributed by atoms with Gasteiger partial charge in [-0.1, -0.05) is 104 Å². The Hall–Kier alpha value is -3.65. The van der Waals surface area contributed by atoms with E-state index < -0.39 is 22.0 Å². The van der Waals surface area contributed by atoms with Gasteiger partial charge in [0, 0.05) is 42.5 Å². The summed E-state index contributed by atoms with van der Waals surface area (Å²) in [6.07, 6.45) is 10.5. The molecular weight excluding hydrogens is 694 g/mol. The van der Waals surface area contributed by atoms with Crippen LogP contribution in [-0.2, 0) is 26.6 Å². The Labute approximate surface area is 322 Å². The van der Waals surface area contributed by atoms with Gasteiger partial charge < -0.3 is 19.1 Å². The molecule has 1 atom stereocenters. The molecule has 292 valence electrons. The van der Waals surface area contributed by atoms with Crippen molar-refractivity contribution >= 4 is 34.4 Å². The third kappa shape index (κ3) is 19.8. The van der Waals surface area contributed by atoms with Crippen molar-refractivity contribution in [3.05, 3.63) is 94.0 Å². The van der Waals surface area contributed by atoms with Crippen LogP contribution in [0.5, 0.6) is 0 Å². The molecule has 1 N–H and O–H groups in total. The van der Waals surface area contributed by atoms with E-state index in [1.165, 1.54) is 0 Å². The third-order valence-electron chi connectivity index (χ3n) is 7.13. The number of carbonyl (C=O) groups is 2. The van der Waals surface area contributed by atoms with Crippen LogP contribution < -0.4 is 5.32 Å². The van der Waals surface area contributed by atoms with E-state index in [1.54, 1.807) is 36.6 Å². The molecule has 11 heteroatoms. The van der Waals surface area contributed by atoms with Crippen molar-refractivity contribution in [2.75, 3.05) is 32.6 Å². The molecule has 2 amide bonds. The Balaban J connectivity index is 0. The van der Waals surface area contributed by atoms with Crippen molar-refractivity contribution in [1.82, 2.24) is 20.2 Å². The lowest BCUT2D eigenvalue weighted by Crippen LogP contribution is -2.41. The van der Waals surface area contributed by atoms with Crippen LogP contribution in [0.1, 0.15) is 117 Å². The van der Waals surface area contributed by atoms with Crippen LogP contribution in [0.2, 0.25) is 5.15 Å². The standard InChI is InChI=1S/C33H43ClN4O3S.C2H5NO.3C2H6/c1-32(2,3)40-31(39)38(23-29(28-13-14-30(34)37-22-28)41-42(7,8)33(4,5)6)16-15-24-9-11-25(12-10-24)17-26-18-27(19-35)21-36-20-26;1-3-2-4;3*1-2/h9-14,18,20-22,29H,15-17,23H2,1-8H3;2H,1H3,(H,3,4);3*1-2H3. The summed E-state index contributed by atoms with van der Waals surface area (Å²) in [5.41, 5.74) is 3.98. The van der Waals surface area contributed by atoms with Gasteiger partial charge in [-0.2, -0.15) is 5.26 Å². The summed E-state index contributed by atoms with van der Waals surface area (Å²) in [6.45, 7) is 24.9. The molecule has 0 aliphatic rings. The summed E-state index contributed by atoms with van der Waals surface area (Å²) in [6, 6.07) is 16.0. The zero-order valence-corrected chi connectivity index (χ0v) is 36.0. The van der Waals surface area contributed by atoms with E-state index in [1.807, 2.05) is 74.4 Å². The van der Waals surface area contributed by atoms with Crippen molar-refractivity contribution in [2.24, 2.45) is 0 Å². The van der Waals surface area contributed by atoms with Gasteiger partial charge in [0.05, 0.1) is 12.1 Å². The van der Waals surface area contributed by atoms with Crippen LogP contribution in [0, 0.1) is 11.3 Å². The summed E-state index contributed by atoms with van der Waals surface area (Å²) in [5, 5.41) is 11.8. The second kappa shape index (κ2) is 26.2. The monoisotopic (exact) mass is 759 g/mol. The van der Waals surface area contributed by atoms with Crippen LogP contribution in [0.25, 0.3) is 0 Å². The van der Waals surface area contributed by atoms with Gasteiger partial charge in [0.15, 0.2) is 0 Å². The molecule has 2 heterocycles. The first-order valence-corrected chi connectivity index (χ1v) is 20.8. The summed E-state index contributed by atoms with van der Waals surface area (Å²) < 4.78 is 12.6. The lowest BCUT2D eigenvalue weighted by Gasteiger charge is -2.46. The van der Waals surface area contributed by atoms with Gasteiger partial charge in [-0.25, -0.2) is 9.78 Å². The number of aromatic nitrogens is 2. The number of nitriles is 1. The SMILES string of the molecule is CC.CC.CC.CC(C)(C)OC(=O)N(CCc1ccc(Cc2cncc(C#N)c2)cc1)CC(OS(C)(C)C(C)(C)C)c1ccc(Cl)nc1.CNC=O. The molecule has 0 saturated heterocycles. The summed E-state index contributed by atoms with van der Waals surface area (Å²) in [7, 11) is 0.0368. The lowest BCUT2D eigenvalue weighted by atomic mass is 10.0. The Bertz CT molecular complexity index is 1450. The highest BCUT2D eigenvalue weighted by Crippen LogP contribution is 2.56. The minimum atomic E-state index is -1.53. The number of halogens is 1. The maximum Gasteiger partial charge on any atom is 0.410 e. The number of pyridine rings is 2. The molecule has 9 nitrogen and oxygen atoms in total. The quantitative estimate of drug-likeness (QED) is 0.153.